The summed E-state index contributed by atoms with van der Waals surface area (Å²) in [5.74, 6) is 1.43. The number of pyridine rings is 1. The van der Waals surface area contributed by atoms with Gasteiger partial charge in [-0.3, -0.25) is 0 Å². The average molecular weight is 364 g/mol. The fourth-order valence-electron chi connectivity index (χ4n) is 3.98. The van der Waals surface area contributed by atoms with E-state index in [1.54, 1.807) is 6.20 Å². The Balaban J connectivity index is 1.95. The molecule has 0 aliphatic carbocycles. The predicted octanol–water partition coefficient (Wildman–Crippen LogP) is 6.39. The van der Waals surface area contributed by atoms with Crippen LogP contribution in [-0.2, 0) is 4.74 Å². The first-order chi connectivity index (χ1) is 12.7. The Morgan fingerprint density at radius 3 is 2.52 bits per heavy atom. The number of rotatable bonds is 2. The van der Waals surface area contributed by atoms with Gasteiger partial charge in [0.2, 0.25) is 5.71 Å². The second-order valence-electron chi connectivity index (χ2n) is 8.90. The summed E-state index contributed by atoms with van der Waals surface area (Å²) in [4.78, 5) is 6.73. The predicted molar refractivity (Wildman–Crippen MR) is 111 cm³/mol. The lowest BCUT2D eigenvalue weighted by Gasteiger charge is -2.36. The molecule has 1 atom stereocenters. The zero-order chi connectivity index (χ0) is 19.5. The Kier molecular flexibility index (Phi) is 3.99. The lowest BCUT2D eigenvalue weighted by atomic mass is 9.92. The standard InChI is InChI=1S/C23H28N2O2/c1-13(2)20-15(4)25(22(27-20)23(5,6)7)18-12-17-16-9-8-10-24-21(16)26-19(17)11-14(18)3/h8-13,22H,1-7H3. The number of fused-ring (bicyclic) bond motifs is 3. The van der Waals surface area contributed by atoms with Gasteiger partial charge in [0.25, 0.3) is 0 Å². The third kappa shape index (κ3) is 2.78. The minimum Gasteiger partial charge on any atom is -0.472 e. The summed E-state index contributed by atoms with van der Waals surface area (Å²) in [5.41, 5.74) is 5.07. The van der Waals surface area contributed by atoms with Crippen molar-refractivity contribution in [2.75, 3.05) is 4.90 Å². The third-order valence-corrected chi connectivity index (χ3v) is 5.28. The van der Waals surface area contributed by atoms with Gasteiger partial charge in [-0.25, -0.2) is 4.98 Å². The summed E-state index contributed by atoms with van der Waals surface area (Å²) in [7, 11) is 0. The Hall–Kier alpha value is -2.49. The van der Waals surface area contributed by atoms with E-state index in [1.807, 2.05) is 6.07 Å². The van der Waals surface area contributed by atoms with Crippen LogP contribution in [0.2, 0.25) is 0 Å². The fraction of sp³-hybridized carbons (Fsp3) is 0.435. The summed E-state index contributed by atoms with van der Waals surface area (Å²) in [6, 6.07) is 8.37. The molecule has 142 valence electrons. The van der Waals surface area contributed by atoms with Crippen molar-refractivity contribution in [2.24, 2.45) is 11.3 Å². The monoisotopic (exact) mass is 364 g/mol. The molecule has 0 radical (unpaired) electrons. The van der Waals surface area contributed by atoms with Crippen molar-refractivity contribution in [1.82, 2.24) is 4.98 Å². The molecule has 1 aliphatic rings. The molecule has 0 saturated heterocycles. The van der Waals surface area contributed by atoms with Crippen LogP contribution in [0.3, 0.4) is 0 Å². The van der Waals surface area contributed by atoms with E-state index in [-0.39, 0.29) is 11.6 Å². The van der Waals surface area contributed by atoms with Gasteiger partial charge in [-0.05, 0) is 43.7 Å². The molecule has 0 saturated carbocycles. The van der Waals surface area contributed by atoms with E-state index in [2.05, 4.69) is 76.5 Å². The average Bonchev–Trinajstić information content (AvgIpc) is 3.11. The smallest absolute Gasteiger partial charge is 0.227 e. The molecule has 1 unspecified atom stereocenters. The minimum atomic E-state index is -0.0395. The molecule has 0 N–H and O–H groups in total. The van der Waals surface area contributed by atoms with Gasteiger partial charge in [-0.15, -0.1) is 0 Å². The maximum atomic E-state index is 6.47. The van der Waals surface area contributed by atoms with E-state index in [0.29, 0.717) is 11.6 Å². The summed E-state index contributed by atoms with van der Waals surface area (Å²) in [6.07, 6.45) is 1.73. The molecule has 27 heavy (non-hydrogen) atoms. The van der Waals surface area contributed by atoms with Crippen molar-refractivity contribution >= 4 is 27.8 Å². The second kappa shape index (κ2) is 6.01. The highest BCUT2D eigenvalue weighted by Gasteiger charge is 2.41. The summed E-state index contributed by atoms with van der Waals surface area (Å²) >= 11 is 0. The molecule has 0 spiro atoms. The highest BCUT2D eigenvalue weighted by molar-refractivity contribution is 6.05. The zero-order valence-corrected chi connectivity index (χ0v) is 17.3. The first-order valence-corrected chi connectivity index (χ1v) is 9.63. The molecule has 4 nitrogen and oxygen atoms in total. The molecule has 1 aliphatic heterocycles. The van der Waals surface area contributed by atoms with Gasteiger partial charge in [0, 0.05) is 34.0 Å². The Bertz CT molecular complexity index is 1050. The minimum absolute atomic E-state index is 0.0285. The van der Waals surface area contributed by atoms with Crippen molar-refractivity contribution in [3.63, 3.8) is 0 Å². The number of benzene rings is 1. The van der Waals surface area contributed by atoms with E-state index in [0.717, 1.165) is 22.1 Å². The van der Waals surface area contributed by atoms with Crippen LogP contribution in [0.25, 0.3) is 22.1 Å². The number of hydrogen-bond donors (Lipinski definition) is 0. The van der Waals surface area contributed by atoms with Crippen LogP contribution < -0.4 is 4.90 Å². The topological polar surface area (TPSA) is 38.5 Å². The first-order valence-electron chi connectivity index (χ1n) is 9.63. The van der Waals surface area contributed by atoms with Gasteiger partial charge in [-0.2, -0.15) is 0 Å². The van der Waals surface area contributed by atoms with Crippen molar-refractivity contribution in [3.8, 4) is 0 Å². The Morgan fingerprint density at radius 1 is 1.11 bits per heavy atom. The van der Waals surface area contributed by atoms with Gasteiger partial charge in [0.05, 0.1) is 5.70 Å². The third-order valence-electron chi connectivity index (χ3n) is 5.28. The van der Waals surface area contributed by atoms with Crippen LogP contribution in [0.1, 0.15) is 47.1 Å². The Morgan fingerprint density at radius 2 is 1.85 bits per heavy atom. The normalized spacial score (nSPS) is 18.2. The van der Waals surface area contributed by atoms with Crippen molar-refractivity contribution in [2.45, 2.75) is 54.7 Å². The quantitative estimate of drug-likeness (QED) is 0.528. The van der Waals surface area contributed by atoms with Gasteiger partial charge in [-0.1, -0.05) is 34.6 Å². The van der Waals surface area contributed by atoms with Crippen LogP contribution in [0.5, 0.6) is 0 Å². The highest BCUT2D eigenvalue weighted by Crippen LogP contribution is 2.44. The van der Waals surface area contributed by atoms with Crippen LogP contribution in [0.15, 0.2) is 46.3 Å². The number of ether oxygens (including phenoxy) is 1. The zero-order valence-electron chi connectivity index (χ0n) is 17.3. The van der Waals surface area contributed by atoms with E-state index in [9.17, 15) is 0 Å². The van der Waals surface area contributed by atoms with Crippen molar-refractivity contribution in [1.29, 1.82) is 0 Å². The van der Waals surface area contributed by atoms with Gasteiger partial charge in [0.15, 0.2) is 6.23 Å². The number of nitrogens with zero attached hydrogens (tertiary/aromatic N) is 2. The van der Waals surface area contributed by atoms with E-state index >= 15 is 0 Å². The molecule has 4 rings (SSSR count). The molecular formula is C23H28N2O2. The molecule has 3 aromatic rings. The fourth-order valence-corrected chi connectivity index (χ4v) is 3.98. The number of anilines is 1. The molecule has 3 heterocycles. The number of furan rings is 1. The SMILES string of the molecule is CC1=C(C(C)C)OC(C(C)(C)C)N1c1cc2c(cc1C)oc1ncccc12. The number of aryl methyl sites for hydroxylation is 1. The lowest BCUT2D eigenvalue weighted by molar-refractivity contribution is 0.0401. The maximum Gasteiger partial charge on any atom is 0.227 e. The summed E-state index contributed by atoms with van der Waals surface area (Å²) in [5, 5.41) is 2.14. The van der Waals surface area contributed by atoms with E-state index in [1.165, 1.54) is 16.9 Å². The lowest BCUT2D eigenvalue weighted by Crippen LogP contribution is -2.41. The van der Waals surface area contributed by atoms with Crippen molar-refractivity contribution < 1.29 is 9.15 Å². The van der Waals surface area contributed by atoms with Crippen LogP contribution in [0.4, 0.5) is 5.69 Å². The maximum absolute atomic E-state index is 6.47. The van der Waals surface area contributed by atoms with Gasteiger partial charge >= 0.3 is 0 Å². The molecule has 2 aromatic heterocycles. The summed E-state index contributed by atoms with van der Waals surface area (Å²) < 4.78 is 12.4. The Labute approximate surface area is 160 Å². The number of hydrogen-bond acceptors (Lipinski definition) is 4. The molecule has 4 heteroatoms. The van der Waals surface area contributed by atoms with E-state index < -0.39 is 0 Å². The highest BCUT2D eigenvalue weighted by atomic mass is 16.5. The molecule has 1 aromatic carbocycles. The van der Waals surface area contributed by atoms with Crippen molar-refractivity contribution in [3.05, 3.63) is 47.5 Å². The van der Waals surface area contributed by atoms with Crippen LogP contribution in [0, 0.1) is 18.3 Å². The molecule has 0 bridgehead atoms. The summed E-state index contributed by atoms with van der Waals surface area (Å²) in [6.45, 7) is 15.4. The molecular weight excluding hydrogens is 336 g/mol. The first kappa shape index (κ1) is 17.9. The molecule has 0 fully saturated rings. The second-order valence-corrected chi connectivity index (χ2v) is 8.90. The largest absolute Gasteiger partial charge is 0.472 e. The van der Waals surface area contributed by atoms with Gasteiger partial charge in [0.1, 0.15) is 11.3 Å². The van der Waals surface area contributed by atoms with Crippen LogP contribution in [-0.4, -0.2) is 11.2 Å². The van der Waals surface area contributed by atoms with Gasteiger partial charge < -0.3 is 14.1 Å². The number of allylic oxidation sites excluding steroid dienone is 2. The van der Waals surface area contributed by atoms with Crippen LogP contribution >= 0.6 is 0 Å². The molecule has 0 amide bonds. The van der Waals surface area contributed by atoms with E-state index in [4.69, 9.17) is 9.15 Å². The number of aromatic nitrogens is 1.